The number of aliphatic hydroxyl groups is 2. The highest BCUT2D eigenvalue weighted by Gasteiger charge is 2.39. The molecule has 0 saturated carbocycles. The summed E-state index contributed by atoms with van der Waals surface area (Å²) in [5, 5.41) is 60.5. The number of aromatic nitrogens is 4. The number of nitrogens with zero attached hydrogens (tertiary/aromatic N) is 6. The topological polar surface area (TPSA) is 627 Å². The van der Waals surface area contributed by atoms with E-state index in [0.29, 0.717) is 16.8 Å². The Kier molecular flexibility index (Phi) is 34.1. The first-order valence-electron chi connectivity index (χ1n) is 36.4. The number of aryl methyl sites for hydroxylation is 3. The van der Waals surface area contributed by atoms with Crippen LogP contribution in [-0.2, 0) is 81.0 Å². The predicted octanol–water partition coefficient (Wildman–Crippen LogP) is -5.17. The van der Waals surface area contributed by atoms with Gasteiger partial charge in [-0.2, -0.15) is 10.1 Å². The van der Waals surface area contributed by atoms with Crippen LogP contribution in [0.1, 0.15) is 89.5 Å². The highest BCUT2D eigenvalue weighted by atomic mass is 32.2. The van der Waals surface area contributed by atoms with Gasteiger partial charge in [-0.05, 0) is 159 Å². The molecule has 1 aliphatic rings. The van der Waals surface area contributed by atoms with Gasteiger partial charge in [-0.1, -0.05) is 50.2 Å². The number of carbonyl (C=O) groups excluding carboxylic acids is 12. The minimum Gasteiger partial charge on any atom is -0.439 e. The number of nitrogens with two attached hydrogens (primary N) is 6. The van der Waals surface area contributed by atoms with E-state index in [0.717, 1.165) is 29.0 Å². The molecule has 12 amide bonds. The molecular formula is C71H105N23O17S. The highest BCUT2D eigenvalue weighted by Crippen LogP contribution is 2.32. The minimum atomic E-state index is -4.40. The molecule has 5 aromatic rings. The van der Waals surface area contributed by atoms with Gasteiger partial charge < -0.3 is 107 Å². The van der Waals surface area contributed by atoms with Crippen LogP contribution >= 0.6 is 0 Å². The van der Waals surface area contributed by atoms with Crippen molar-refractivity contribution in [2.24, 2.45) is 46.8 Å². The molecule has 6 rings (SSSR count). The van der Waals surface area contributed by atoms with Gasteiger partial charge in [0.1, 0.15) is 66.2 Å². The zero-order valence-electron chi connectivity index (χ0n) is 63.7. The molecule has 2 aromatic heterocycles. The number of amides is 12. The third kappa shape index (κ3) is 25.6. The first kappa shape index (κ1) is 90.0. The van der Waals surface area contributed by atoms with Gasteiger partial charge in [-0.15, -0.1) is 0 Å². The van der Waals surface area contributed by atoms with E-state index in [9.17, 15) is 76.2 Å². The molecule has 0 aliphatic carbocycles. The van der Waals surface area contributed by atoms with Gasteiger partial charge in [-0.3, -0.25) is 57.4 Å². The number of nitrogens with one attached hydrogen (secondary N) is 11. The van der Waals surface area contributed by atoms with Gasteiger partial charge in [0.05, 0.1) is 28.3 Å². The molecule has 0 radical (unpaired) electrons. The molecule has 41 heteroatoms. The number of anilines is 4. The molecule has 112 heavy (non-hydrogen) atoms. The maximum atomic E-state index is 14.7. The summed E-state index contributed by atoms with van der Waals surface area (Å²) in [6.07, 6.45) is -5.50. The summed E-state index contributed by atoms with van der Waals surface area (Å²) in [4.78, 5) is 182. The second-order valence-electron chi connectivity index (χ2n) is 27.4. The van der Waals surface area contributed by atoms with E-state index in [4.69, 9.17) is 38.5 Å². The molecule has 1 saturated heterocycles. The summed E-state index contributed by atoms with van der Waals surface area (Å²) >= 11 is 0. The summed E-state index contributed by atoms with van der Waals surface area (Å²) < 4.78 is 32.7. The Morgan fingerprint density at radius 3 is 1.78 bits per heavy atom. The van der Waals surface area contributed by atoms with E-state index in [-0.39, 0.29) is 105 Å². The number of primary sulfonamides is 1. The van der Waals surface area contributed by atoms with E-state index in [1.807, 2.05) is 25.1 Å². The SMILES string of the molecule is Cc1ccc(N(C(=O)OCC(=O)N[C@@H](CCN)C(=O)N[C@H](C(=O)N[C@@H](CCN)C(=O)N[C@H]2CCNC(=O)[C@H]([C@@H](C)O)NC(=O)[C@H](CCN)NC(=O)[C@H](CCN)NC(=O)[C@H](CC(C)C)NC(=O)[C@@H](Cc3ccccc3)NC(=O)[C@H](CCN)NC2=O)[C@@H](C)O)c2nccc(N(C)c3ccc4c(C)n(C)nc4c3)n2)cc1S(N)(=O)=O. The van der Waals surface area contributed by atoms with E-state index < -0.39 is 180 Å². The first-order valence-corrected chi connectivity index (χ1v) is 37.9. The number of aliphatic hydroxyl groups excluding tert-OH is 2. The minimum absolute atomic E-state index is 0.00618. The number of ether oxygens (including phenoxy) is 1. The average molecular weight is 1580 g/mol. The molecule has 3 aromatic carbocycles. The molecule has 0 spiro atoms. The van der Waals surface area contributed by atoms with Gasteiger partial charge in [0, 0.05) is 50.0 Å². The zero-order chi connectivity index (χ0) is 82.8. The van der Waals surface area contributed by atoms with Crippen molar-refractivity contribution < 1.29 is 80.9 Å². The molecule has 12 atom stereocenters. The van der Waals surface area contributed by atoms with Crippen molar-refractivity contribution >= 4 is 115 Å². The summed E-state index contributed by atoms with van der Waals surface area (Å²) in [7, 11) is -0.904. The Morgan fingerprint density at radius 1 is 0.652 bits per heavy atom. The number of benzene rings is 3. The van der Waals surface area contributed by atoms with Crippen LogP contribution < -0.4 is 102 Å². The molecule has 3 heterocycles. The first-order chi connectivity index (χ1) is 53.0. The Hall–Kier alpha value is -10.9. The monoisotopic (exact) mass is 1580 g/mol. The number of rotatable bonds is 30. The maximum absolute atomic E-state index is 14.7. The number of hydrogen-bond acceptors (Lipinski definition) is 26. The molecule has 612 valence electrons. The van der Waals surface area contributed by atoms with Gasteiger partial charge in [0.25, 0.3) is 5.91 Å². The fraction of sp³-hybridized carbons (Fsp3) is 0.507. The third-order valence-corrected chi connectivity index (χ3v) is 19.2. The van der Waals surface area contributed by atoms with Crippen LogP contribution in [0.15, 0.2) is 83.9 Å². The molecule has 25 N–H and O–H groups in total. The van der Waals surface area contributed by atoms with Crippen LogP contribution in [0.25, 0.3) is 10.9 Å². The lowest BCUT2D eigenvalue weighted by molar-refractivity contribution is -0.137. The number of fused-ring (bicyclic) bond motifs is 1. The van der Waals surface area contributed by atoms with Crippen LogP contribution in [-0.4, -0.2) is 235 Å². The second kappa shape index (κ2) is 42.5. The molecular weight excluding hydrogens is 1480 g/mol. The summed E-state index contributed by atoms with van der Waals surface area (Å²) in [6.45, 7) is 6.34. The quantitative estimate of drug-likeness (QED) is 0.0204. The van der Waals surface area contributed by atoms with Gasteiger partial charge in [0.15, 0.2) is 6.61 Å². The van der Waals surface area contributed by atoms with Gasteiger partial charge in [-0.25, -0.2) is 28.2 Å². The molecule has 40 nitrogen and oxygen atoms in total. The molecule has 0 bridgehead atoms. The van der Waals surface area contributed by atoms with Gasteiger partial charge in [0.2, 0.25) is 75.0 Å². The molecule has 1 fully saturated rings. The van der Waals surface area contributed by atoms with Crippen LogP contribution in [0.3, 0.4) is 0 Å². The lowest BCUT2D eigenvalue weighted by Crippen LogP contribution is -2.62. The van der Waals surface area contributed by atoms with Crippen molar-refractivity contribution in [1.29, 1.82) is 0 Å². The fourth-order valence-electron chi connectivity index (χ4n) is 11.9. The largest absolute Gasteiger partial charge is 0.439 e. The van der Waals surface area contributed by atoms with E-state index >= 15 is 0 Å². The second-order valence-corrected chi connectivity index (χ2v) is 28.9. The summed E-state index contributed by atoms with van der Waals surface area (Å²) in [5.74, 6) is -11.7. The Bertz CT molecular complexity index is 4270. The Labute approximate surface area is 647 Å². The lowest BCUT2D eigenvalue weighted by Gasteiger charge is -2.29. The highest BCUT2D eigenvalue weighted by molar-refractivity contribution is 7.89. The average Bonchev–Trinajstić information content (AvgIpc) is 1.54. The fourth-order valence-corrected chi connectivity index (χ4v) is 12.7. The van der Waals surface area contributed by atoms with Crippen molar-refractivity contribution in [1.82, 2.24) is 78.2 Å². The maximum Gasteiger partial charge on any atom is 0.421 e. The standard InChI is InChI=1S/C71H105N23O17S/c1-37(2)32-53-66(104)83-47(19-26-73)60(98)82-50(22-29-76)65(103)89-58(40(5)95)68(106)78-30-23-51(63(101)81-48(20-27-74)62(100)87-54(67(105)86-53)33-42-12-10-9-11-13-42)84-61(99)49(21-28-75)85-69(107)59(41(6)96)90-64(102)46(18-25-72)80-57(97)36-111-71(108)94(44-15-14-38(3)55(35-44)112(77,109)110)70-79-31-24-56(88-70)92(7)43-16-17-45-39(4)93(8)91-52(45)34-43/h9-17,24,31,34-35,37,40-41,46-51,53-54,58-59,95-96H,18-23,25-30,32-33,36,72-76H2,1-8H3,(H,78,106)(H,80,97)(H,81,101)(H,82,98)(H,83,104)(H,84,99)(H,85,107)(H,86,105)(H,87,100)(H,89,103)(H,90,102)(H2,77,109,110)/t40-,41-,46+,47+,48+,49+,50+,51+,53+,54-,58+,59+/m1/s1. The number of hydrogen-bond donors (Lipinski definition) is 19. The molecule has 0 unspecified atom stereocenters. The van der Waals surface area contributed by atoms with Crippen LogP contribution in [0.5, 0.6) is 0 Å². The van der Waals surface area contributed by atoms with Gasteiger partial charge >= 0.3 is 6.09 Å². The lowest BCUT2D eigenvalue weighted by atomic mass is 10.00. The zero-order valence-corrected chi connectivity index (χ0v) is 64.5. The smallest absolute Gasteiger partial charge is 0.421 e. The Morgan fingerprint density at radius 2 is 1.21 bits per heavy atom. The summed E-state index contributed by atoms with van der Waals surface area (Å²) in [5.41, 5.74) is 32.4. The van der Waals surface area contributed by atoms with E-state index in [1.54, 1.807) is 67.9 Å². The van der Waals surface area contributed by atoms with Crippen molar-refractivity contribution in [3.8, 4) is 0 Å². The van der Waals surface area contributed by atoms with Crippen molar-refractivity contribution in [3.63, 3.8) is 0 Å². The van der Waals surface area contributed by atoms with Crippen LogP contribution in [0.4, 0.5) is 27.9 Å². The predicted molar refractivity (Wildman–Crippen MR) is 410 cm³/mol. The van der Waals surface area contributed by atoms with Crippen molar-refractivity contribution in [3.05, 3.63) is 95.8 Å². The summed E-state index contributed by atoms with van der Waals surface area (Å²) in [6, 6.07) is 3.23. The van der Waals surface area contributed by atoms with Crippen molar-refractivity contribution in [2.45, 2.75) is 170 Å². The number of carbonyl (C=O) groups is 12. The van der Waals surface area contributed by atoms with Crippen LogP contribution in [0, 0.1) is 19.8 Å². The van der Waals surface area contributed by atoms with Crippen LogP contribution in [0.2, 0.25) is 0 Å². The van der Waals surface area contributed by atoms with E-state index in [1.165, 1.54) is 38.2 Å². The Balaban J connectivity index is 1.24. The third-order valence-electron chi connectivity index (χ3n) is 18.1. The normalized spacial score (nSPS) is 20.0. The van der Waals surface area contributed by atoms with E-state index in [2.05, 4.69) is 73.6 Å². The molecule has 1 aliphatic heterocycles. The number of sulfonamides is 1. The van der Waals surface area contributed by atoms with Crippen molar-refractivity contribution in [2.75, 3.05) is 62.7 Å².